The van der Waals surface area contributed by atoms with Crippen molar-refractivity contribution in [2.75, 3.05) is 23.9 Å². The lowest BCUT2D eigenvalue weighted by molar-refractivity contribution is 0.685. The second-order valence-corrected chi connectivity index (χ2v) is 5.66. The van der Waals surface area contributed by atoms with Gasteiger partial charge in [-0.15, -0.1) is 10.2 Å². The summed E-state index contributed by atoms with van der Waals surface area (Å²) in [6.45, 7) is 0.657. The molecule has 0 bridgehead atoms. The lowest BCUT2D eigenvalue weighted by atomic mass is 10.1. The van der Waals surface area contributed by atoms with E-state index in [1.54, 1.807) is 6.26 Å². The van der Waals surface area contributed by atoms with Crippen LogP contribution in [0.25, 0.3) is 10.9 Å². The number of rotatable bonds is 5. The number of hydrogen-bond acceptors (Lipinski definition) is 5. The minimum Gasteiger partial charge on any atom is -0.382 e. The monoisotopic (exact) mass is 274 g/mol. The first kappa shape index (κ1) is 13.4. The van der Waals surface area contributed by atoms with Crippen molar-refractivity contribution in [3.8, 4) is 6.07 Å². The Balaban J connectivity index is 2.24. The van der Waals surface area contributed by atoms with Gasteiger partial charge >= 0.3 is 0 Å². The van der Waals surface area contributed by atoms with E-state index in [1.165, 1.54) is 0 Å². The minimum absolute atomic E-state index is 0.288. The molecule has 1 unspecified atom stereocenters. The molecule has 0 aliphatic heterocycles. The highest BCUT2D eigenvalue weighted by molar-refractivity contribution is 7.84. The largest absolute Gasteiger partial charge is 0.382 e. The molecule has 19 heavy (non-hydrogen) atoms. The van der Waals surface area contributed by atoms with Gasteiger partial charge < -0.3 is 5.32 Å². The zero-order chi connectivity index (χ0) is 13.7. The molecule has 0 amide bonds. The number of anilines is 1. The normalized spacial score (nSPS) is 12.0. The molecule has 0 aliphatic rings. The number of hydrogen-bond donors (Lipinski definition) is 1. The molecule has 0 saturated carbocycles. The number of nitrogens with zero attached hydrogens (tertiary/aromatic N) is 3. The van der Waals surface area contributed by atoms with E-state index in [2.05, 4.69) is 15.5 Å². The van der Waals surface area contributed by atoms with Gasteiger partial charge in [0.25, 0.3) is 0 Å². The average Bonchev–Trinajstić information content (AvgIpc) is 2.43. The van der Waals surface area contributed by atoms with Gasteiger partial charge in [-0.3, -0.25) is 4.21 Å². The second-order valence-electron chi connectivity index (χ2n) is 4.11. The van der Waals surface area contributed by atoms with E-state index < -0.39 is 10.8 Å². The van der Waals surface area contributed by atoms with E-state index in [-0.39, 0.29) is 5.69 Å². The van der Waals surface area contributed by atoms with Crippen LogP contribution in [-0.2, 0) is 10.8 Å². The highest BCUT2D eigenvalue weighted by atomic mass is 32.2. The first-order valence-electron chi connectivity index (χ1n) is 5.92. The molecule has 1 N–H and O–H groups in total. The molecule has 5 nitrogen and oxygen atoms in total. The number of fused-ring (bicyclic) bond motifs is 1. The van der Waals surface area contributed by atoms with Crippen molar-refractivity contribution in [1.82, 2.24) is 10.2 Å². The molecule has 98 valence electrons. The van der Waals surface area contributed by atoms with E-state index in [9.17, 15) is 4.21 Å². The van der Waals surface area contributed by atoms with Gasteiger partial charge in [0.1, 0.15) is 6.07 Å². The predicted molar refractivity (Wildman–Crippen MR) is 76.3 cm³/mol. The fraction of sp³-hybridized carbons (Fsp3) is 0.308. The summed E-state index contributed by atoms with van der Waals surface area (Å²) in [5.74, 6) is 0.644. The summed E-state index contributed by atoms with van der Waals surface area (Å²) in [4.78, 5) is 0. The number of aromatic nitrogens is 2. The highest BCUT2D eigenvalue weighted by Gasteiger charge is 2.09. The van der Waals surface area contributed by atoms with Gasteiger partial charge in [0.15, 0.2) is 5.69 Å². The third kappa shape index (κ3) is 3.26. The molecule has 0 spiro atoms. The Bertz CT molecular complexity index is 651. The summed E-state index contributed by atoms with van der Waals surface area (Å²) < 4.78 is 11.0. The van der Waals surface area contributed by atoms with E-state index in [4.69, 9.17) is 5.26 Å². The van der Waals surface area contributed by atoms with Gasteiger partial charge in [-0.1, -0.05) is 18.2 Å². The molecular weight excluding hydrogens is 260 g/mol. The third-order valence-corrected chi connectivity index (χ3v) is 3.55. The van der Waals surface area contributed by atoms with Crippen LogP contribution in [0.1, 0.15) is 12.1 Å². The average molecular weight is 274 g/mol. The Labute approximate surface area is 114 Å². The Hall–Kier alpha value is -2.00. The summed E-state index contributed by atoms with van der Waals surface area (Å²) >= 11 is 0. The molecule has 0 aliphatic carbocycles. The lowest BCUT2D eigenvalue weighted by Crippen LogP contribution is -2.09. The van der Waals surface area contributed by atoms with Crippen molar-refractivity contribution in [3.63, 3.8) is 0 Å². The molecule has 1 aromatic carbocycles. The number of nitriles is 1. The van der Waals surface area contributed by atoms with Crippen LogP contribution in [0.4, 0.5) is 5.69 Å². The summed E-state index contributed by atoms with van der Waals surface area (Å²) in [6.07, 6.45) is 2.47. The van der Waals surface area contributed by atoms with Crippen LogP contribution in [0.2, 0.25) is 0 Å². The van der Waals surface area contributed by atoms with Crippen LogP contribution in [-0.4, -0.2) is 33.0 Å². The Morgan fingerprint density at radius 2 is 2.16 bits per heavy atom. The smallest absolute Gasteiger partial charge is 0.186 e. The summed E-state index contributed by atoms with van der Waals surface area (Å²) in [7, 11) is -0.791. The van der Waals surface area contributed by atoms with Crippen LogP contribution >= 0.6 is 0 Å². The molecular formula is C13H14N4OS. The number of nitrogens with one attached hydrogen (secondary N) is 1. The van der Waals surface area contributed by atoms with Crippen molar-refractivity contribution in [3.05, 3.63) is 30.0 Å². The Morgan fingerprint density at radius 1 is 1.37 bits per heavy atom. The molecule has 1 heterocycles. The zero-order valence-corrected chi connectivity index (χ0v) is 11.4. The van der Waals surface area contributed by atoms with E-state index >= 15 is 0 Å². The Morgan fingerprint density at radius 3 is 2.89 bits per heavy atom. The maximum atomic E-state index is 11.0. The van der Waals surface area contributed by atoms with Gasteiger partial charge in [0, 0.05) is 34.7 Å². The van der Waals surface area contributed by atoms with Crippen LogP contribution in [0.15, 0.2) is 24.3 Å². The standard InChI is InChI=1S/C13H14N4OS/c1-19(18)8-4-7-15-13-10-5-2-3-6-11(10)16-17-12(13)9-14/h2-3,5-6H,4,7-8H2,1H3,(H,15,16). The molecule has 6 heteroatoms. The summed E-state index contributed by atoms with van der Waals surface area (Å²) in [5.41, 5.74) is 1.74. The fourth-order valence-electron chi connectivity index (χ4n) is 1.80. The van der Waals surface area contributed by atoms with E-state index in [0.717, 1.165) is 17.3 Å². The zero-order valence-electron chi connectivity index (χ0n) is 10.6. The fourth-order valence-corrected chi connectivity index (χ4v) is 2.35. The van der Waals surface area contributed by atoms with Gasteiger partial charge in [0.05, 0.1) is 11.2 Å². The third-order valence-electron chi connectivity index (χ3n) is 2.68. The topological polar surface area (TPSA) is 78.7 Å². The van der Waals surface area contributed by atoms with Crippen molar-refractivity contribution in [1.29, 1.82) is 5.26 Å². The van der Waals surface area contributed by atoms with Gasteiger partial charge in [-0.2, -0.15) is 5.26 Å². The summed E-state index contributed by atoms with van der Waals surface area (Å²) in [6, 6.07) is 9.59. The molecule has 1 atom stereocenters. The van der Waals surface area contributed by atoms with E-state index in [1.807, 2.05) is 30.3 Å². The van der Waals surface area contributed by atoms with Gasteiger partial charge in [-0.05, 0) is 12.5 Å². The van der Waals surface area contributed by atoms with Crippen molar-refractivity contribution >= 4 is 27.4 Å². The van der Waals surface area contributed by atoms with Crippen LogP contribution in [0.5, 0.6) is 0 Å². The van der Waals surface area contributed by atoms with Gasteiger partial charge in [-0.25, -0.2) is 0 Å². The van der Waals surface area contributed by atoms with Crippen molar-refractivity contribution in [2.24, 2.45) is 0 Å². The first-order valence-corrected chi connectivity index (χ1v) is 7.64. The molecule has 0 radical (unpaired) electrons. The molecule has 0 fully saturated rings. The molecule has 0 saturated heterocycles. The molecule has 2 rings (SSSR count). The lowest BCUT2D eigenvalue weighted by Gasteiger charge is -2.09. The van der Waals surface area contributed by atoms with Crippen LogP contribution < -0.4 is 5.32 Å². The van der Waals surface area contributed by atoms with Crippen LogP contribution in [0, 0.1) is 11.3 Å². The van der Waals surface area contributed by atoms with Crippen molar-refractivity contribution < 1.29 is 4.21 Å². The molecule has 2 aromatic rings. The Kier molecular flexibility index (Phi) is 4.42. The minimum atomic E-state index is -0.791. The number of benzene rings is 1. The molecule has 1 aromatic heterocycles. The highest BCUT2D eigenvalue weighted by Crippen LogP contribution is 2.23. The predicted octanol–water partition coefficient (Wildman–Crippen LogP) is 1.68. The second kappa shape index (κ2) is 6.25. The SMILES string of the molecule is CS(=O)CCCNc1c(C#N)nnc2ccccc12. The van der Waals surface area contributed by atoms with Crippen molar-refractivity contribution in [2.45, 2.75) is 6.42 Å². The quantitative estimate of drug-likeness (QED) is 0.839. The van der Waals surface area contributed by atoms with Gasteiger partial charge in [0.2, 0.25) is 0 Å². The maximum absolute atomic E-state index is 11.0. The van der Waals surface area contributed by atoms with E-state index in [0.29, 0.717) is 18.0 Å². The summed E-state index contributed by atoms with van der Waals surface area (Å²) in [5, 5.41) is 21.1. The van der Waals surface area contributed by atoms with Crippen LogP contribution in [0.3, 0.4) is 0 Å². The first-order chi connectivity index (χ1) is 9.22. The maximum Gasteiger partial charge on any atom is 0.186 e.